The zero-order valence-electron chi connectivity index (χ0n) is 14.6. The first-order valence-electron chi connectivity index (χ1n) is 9.08. The molecule has 0 radical (unpaired) electrons. The van der Waals surface area contributed by atoms with Crippen molar-refractivity contribution in [2.45, 2.75) is 37.5 Å². The summed E-state index contributed by atoms with van der Waals surface area (Å²) < 4.78 is 10.7. The van der Waals surface area contributed by atoms with Crippen LogP contribution in [-0.4, -0.2) is 14.2 Å². The highest BCUT2D eigenvalue weighted by Gasteiger charge is 2.44. The topological polar surface area (TPSA) is 18.5 Å². The van der Waals surface area contributed by atoms with Crippen LogP contribution in [0, 0.1) is 11.8 Å². The Hall–Kier alpha value is -1.96. The highest BCUT2D eigenvalue weighted by Crippen LogP contribution is 2.57. The van der Waals surface area contributed by atoms with E-state index in [1.807, 2.05) is 0 Å². The van der Waals surface area contributed by atoms with Crippen LogP contribution in [0.5, 0.6) is 11.5 Å². The fourth-order valence-corrected chi connectivity index (χ4v) is 5.06. The molecule has 2 unspecified atom stereocenters. The third kappa shape index (κ3) is 2.68. The van der Waals surface area contributed by atoms with Crippen molar-refractivity contribution < 1.29 is 9.47 Å². The predicted molar refractivity (Wildman–Crippen MR) is 96.9 cm³/mol. The van der Waals surface area contributed by atoms with E-state index in [1.54, 1.807) is 14.2 Å². The Morgan fingerprint density at radius 2 is 0.917 bits per heavy atom. The quantitative estimate of drug-likeness (QED) is 0.751. The van der Waals surface area contributed by atoms with Gasteiger partial charge in [0.05, 0.1) is 14.2 Å². The van der Waals surface area contributed by atoms with Crippen molar-refractivity contribution in [3.63, 3.8) is 0 Å². The SMILES string of the molecule is COc1ccc(C2C3CCC(CC3)C2c2ccc(OC)cc2)cc1. The van der Waals surface area contributed by atoms with Gasteiger partial charge in [-0.15, -0.1) is 0 Å². The smallest absolute Gasteiger partial charge is 0.118 e. The highest BCUT2D eigenvalue weighted by atomic mass is 16.5. The Kier molecular flexibility index (Phi) is 4.22. The molecule has 3 saturated carbocycles. The molecule has 2 heteroatoms. The third-order valence-corrected chi connectivity index (χ3v) is 6.22. The second-order valence-corrected chi connectivity index (χ2v) is 7.27. The van der Waals surface area contributed by atoms with E-state index in [0.717, 1.165) is 23.3 Å². The molecule has 0 aromatic heterocycles. The molecule has 0 amide bonds. The van der Waals surface area contributed by atoms with Gasteiger partial charge >= 0.3 is 0 Å². The maximum atomic E-state index is 5.34. The minimum Gasteiger partial charge on any atom is -0.497 e. The lowest BCUT2D eigenvalue weighted by Gasteiger charge is -2.49. The van der Waals surface area contributed by atoms with Crippen LogP contribution in [-0.2, 0) is 0 Å². The van der Waals surface area contributed by atoms with Gasteiger partial charge < -0.3 is 9.47 Å². The molecule has 0 N–H and O–H groups in total. The number of hydrogen-bond acceptors (Lipinski definition) is 2. The molecule has 126 valence electrons. The molecule has 3 fully saturated rings. The maximum Gasteiger partial charge on any atom is 0.118 e. The number of rotatable bonds is 4. The van der Waals surface area contributed by atoms with Gasteiger partial charge in [-0.2, -0.15) is 0 Å². The van der Waals surface area contributed by atoms with Crippen molar-refractivity contribution in [1.82, 2.24) is 0 Å². The van der Waals surface area contributed by atoms with E-state index in [9.17, 15) is 0 Å². The lowest BCUT2D eigenvalue weighted by atomic mass is 9.55. The van der Waals surface area contributed by atoms with Crippen LogP contribution in [0.2, 0.25) is 0 Å². The molecular weight excluding hydrogens is 296 g/mol. The van der Waals surface area contributed by atoms with Crippen molar-refractivity contribution in [3.05, 3.63) is 59.7 Å². The molecule has 2 nitrogen and oxygen atoms in total. The highest BCUT2D eigenvalue weighted by molar-refractivity contribution is 5.37. The van der Waals surface area contributed by atoms with Crippen LogP contribution in [0.4, 0.5) is 0 Å². The average Bonchev–Trinajstić information content (AvgIpc) is 2.68. The number of benzene rings is 2. The summed E-state index contributed by atoms with van der Waals surface area (Å²) in [6.07, 6.45) is 5.53. The van der Waals surface area contributed by atoms with E-state index >= 15 is 0 Å². The van der Waals surface area contributed by atoms with Crippen molar-refractivity contribution in [2.75, 3.05) is 14.2 Å². The largest absolute Gasteiger partial charge is 0.497 e. The molecule has 2 aromatic carbocycles. The van der Waals surface area contributed by atoms with Gasteiger partial charge in [0.25, 0.3) is 0 Å². The summed E-state index contributed by atoms with van der Waals surface area (Å²) in [5.41, 5.74) is 2.96. The van der Waals surface area contributed by atoms with Crippen molar-refractivity contribution in [2.24, 2.45) is 11.8 Å². The first kappa shape index (κ1) is 15.6. The summed E-state index contributed by atoms with van der Waals surface area (Å²) in [6, 6.07) is 17.6. The van der Waals surface area contributed by atoms with Crippen LogP contribution < -0.4 is 9.47 Å². The number of fused-ring (bicyclic) bond motifs is 3. The van der Waals surface area contributed by atoms with Crippen LogP contribution in [0.3, 0.4) is 0 Å². The first-order valence-corrected chi connectivity index (χ1v) is 9.08. The summed E-state index contributed by atoms with van der Waals surface area (Å²) in [6.45, 7) is 0. The summed E-state index contributed by atoms with van der Waals surface area (Å²) in [4.78, 5) is 0. The maximum absolute atomic E-state index is 5.34. The predicted octanol–water partition coefficient (Wildman–Crippen LogP) is 5.39. The molecule has 24 heavy (non-hydrogen) atoms. The number of ether oxygens (including phenoxy) is 2. The summed E-state index contributed by atoms with van der Waals surface area (Å²) in [5, 5.41) is 0. The van der Waals surface area contributed by atoms with Crippen LogP contribution >= 0.6 is 0 Å². The molecule has 3 aliphatic carbocycles. The first-order chi connectivity index (χ1) is 11.8. The molecule has 2 aromatic rings. The molecule has 5 rings (SSSR count). The van der Waals surface area contributed by atoms with Gasteiger partial charge in [0, 0.05) is 0 Å². The van der Waals surface area contributed by atoms with Crippen molar-refractivity contribution in [1.29, 1.82) is 0 Å². The number of hydrogen-bond donors (Lipinski definition) is 0. The zero-order chi connectivity index (χ0) is 16.5. The Morgan fingerprint density at radius 1 is 0.583 bits per heavy atom. The van der Waals surface area contributed by atoms with Crippen molar-refractivity contribution >= 4 is 0 Å². The molecule has 0 spiro atoms. The van der Waals surface area contributed by atoms with Gasteiger partial charge in [-0.1, -0.05) is 24.3 Å². The van der Waals surface area contributed by atoms with Gasteiger partial charge in [0.1, 0.15) is 11.5 Å². The van der Waals surface area contributed by atoms with Gasteiger partial charge in [0.2, 0.25) is 0 Å². The third-order valence-electron chi connectivity index (χ3n) is 6.22. The summed E-state index contributed by atoms with van der Waals surface area (Å²) >= 11 is 0. The Labute approximate surface area is 144 Å². The molecule has 0 saturated heterocycles. The molecule has 0 aliphatic heterocycles. The monoisotopic (exact) mass is 322 g/mol. The standard InChI is InChI=1S/C22H26O2/c1-23-19-11-7-17(8-12-19)21-15-3-5-16(6-4-15)22(21)18-9-13-20(24-2)14-10-18/h7-16,21-22H,3-6H2,1-2H3. The molecule has 3 aliphatic rings. The summed E-state index contributed by atoms with van der Waals surface area (Å²) in [5.74, 6) is 4.79. The lowest BCUT2D eigenvalue weighted by molar-refractivity contribution is 0.113. The van der Waals surface area contributed by atoms with E-state index < -0.39 is 0 Å². The minimum absolute atomic E-state index is 0.636. The van der Waals surface area contributed by atoms with Gasteiger partial charge in [-0.3, -0.25) is 0 Å². The summed E-state index contributed by atoms with van der Waals surface area (Å²) in [7, 11) is 3.47. The van der Waals surface area contributed by atoms with Gasteiger partial charge in [-0.05, 0) is 84.7 Å². The van der Waals surface area contributed by atoms with Crippen LogP contribution in [0.25, 0.3) is 0 Å². The lowest BCUT2D eigenvalue weighted by Crippen LogP contribution is -2.37. The van der Waals surface area contributed by atoms with E-state index in [0.29, 0.717) is 11.8 Å². The van der Waals surface area contributed by atoms with E-state index in [-0.39, 0.29) is 0 Å². The molecular formula is C22H26O2. The van der Waals surface area contributed by atoms with E-state index in [2.05, 4.69) is 48.5 Å². The number of methoxy groups -OCH3 is 2. The van der Waals surface area contributed by atoms with Crippen LogP contribution in [0.1, 0.15) is 48.6 Å². The van der Waals surface area contributed by atoms with Crippen LogP contribution in [0.15, 0.2) is 48.5 Å². The Bertz CT molecular complexity index is 605. The molecule has 2 atom stereocenters. The normalized spacial score (nSPS) is 28.6. The van der Waals surface area contributed by atoms with Gasteiger partial charge in [-0.25, -0.2) is 0 Å². The van der Waals surface area contributed by atoms with Crippen molar-refractivity contribution in [3.8, 4) is 11.5 Å². The zero-order valence-corrected chi connectivity index (χ0v) is 14.6. The van der Waals surface area contributed by atoms with E-state index in [1.165, 1.54) is 36.8 Å². The average molecular weight is 322 g/mol. The Morgan fingerprint density at radius 3 is 1.21 bits per heavy atom. The second kappa shape index (κ2) is 6.51. The Balaban J connectivity index is 1.70. The fraction of sp³-hybridized carbons (Fsp3) is 0.455. The fourth-order valence-electron chi connectivity index (χ4n) is 5.06. The minimum atomic E-state index is 0.636. The molecule has 0 heterocycles. The molecule has 2 bridgehead atoms. The van der Waals surface area contributed by atoms with Gasteiger partial charge in [0.15, 0.2) is 0 Å². The second-order valence-electron chi connectivity index (χ2n) is 7.27. The van der Waals surface area contributed by atoms with E-state index in [4.69, 9.17) is 9.47 Å².